The van der Waals surface area contributed by atoms with E-state index in [4.69, 9.17) is 0 Å². The minimum absolute atomic E-state index is 0.290. The van der Waals surface area contributed by atoms with Crippen molar-refractivity contribution in [3.63, 3.8) is 0 Å². The maximum atomic E-state index is 12.8. The zero-order valence-electron chi connectivity index (χ0n) is 17.6. The van der Waals surface area contributed by atoms with E-state index >= 15 is 0 Å². The fourth-order valence-corrected chi connectivity index (χ4v) is 5.58. The summed E-state index contributed by atoms with van der Waals surface area (Å²) in [7, 11) is -3.63. The SMILES string of the molecule is O=S(=O)(Cc1ccc(C(F)(F)F)cc1)N1CCN(c2ccc(N3CCCCC3)nn2)CC1. The van der Waals surface area contributed by atoms with Gasteiger partial charge in [-0.15, -0.1) is 10.2 Å². The van der Waals surface area contributed by atoms with Gasteiger partial charge in [0.25, 0.3) is 0 Å². The molecule has 2 aliphatic heterocycles. The lowest BCUT2D eigenvalue weighted by molar-refractivity contribution is -0.137. The van der Waals surface area contributed by atoms with Crippen LogP contribution in [0.25, 0.3) is 0 Å². The molecule has 2 aliphatic rings. The molecule has 0 N–H and O–H groups in total. The smallest absolute Gasteiger partial charge is 0.355 e. The Balaban J connectivity index is 1.33. The first-order valence-corrected chi connectivity index (χ1v) is 12.3. The zero-order chi connectivity index (χ0) is 22.8. The molecule has 11 heteroatoms. The van der Waals surface area contributed by atoms with Gasteiger partial charge < -0.3 is 9.80 Å². The van der Waals surface area contributed by atoms with Crippen molar-refractivity contribution in [3.8, 4) is 0 Å². The second kappa shape index (κ2) is 9.22. The summed E-state index contributed by atoms with van der Waals surface area (Å²) >= 11 is 0. The molecule has 0 amide bonds. The van der Waals surface area contributed by atoms with Crippen LogP contribution < -0.4 is 9.80 Å². The molecule has 32 heavy (non-hydrogen) atoms. The van der Waals surface area contributed by atoms with Gasteiger partial charge >= 0.3 is 6.18 Å². The molecule has 174 valence electrons. The molecule has 0 aliphatic carbocycles. The Morgan fingerprint density at radius 2 is 1.28 bits per heavy atom. The molecule has 2 aromatic rings. The van der Waals surface area contributed by atoms with Crippen molar-refractivity contribution in [2.75, 3.05) is 49.1 Å². The molecule has 0 bridgehead atoms. The molecule has 7 nitrogen and oxygen atoms in total. The third-order valence-corrected chi connectivity index (χ3v) is 7.75. The fourth-order valence-electron chi connectivity index (χ4n) is 4.07. The maximum Gasteiger partial charge on any atom is 0.416 e. The van der Waals surface area contributed by atoms with Crippen LogP contribution in [0.3, 0.4) is 0 Å². The zero-order valence-corrected chi connectivity index (χ0v) is 18.4. The highest BCUT2D eigenvalue weighted by Crippen LogP contribution is 2.29. The van der Waals surface area contributed by atoms with Crippen LogP contribution in [-0.4, -0.2) is 62.2 Å². The van der Waals surface area contributed by atoms with E-state index in [9.17, 15) is 21.6 Å². The van der Waals surface area contributed by atoms with Gasteiger partial charge in [0, 0.05) is 39.3 Å². The molecule has 1 aromatic carbocycles. The third-order valence-electron chi connectivity index (χ3n) is 5.90. The average Bonchev–Trinajstić information content (AvgIpc) is 2.79. The summed E-state index contributed by atoms with van der Waals surface area (Å²) < 4.78 is 65.0. The number of halogens is 3. The van der Waals surface area contributed by atoms with Crippen LogP contribution >= 0.6 is 0 Å². The van der Waals surface area contributed by atoms with E-state index in [0.717, 1.165) is 43.9 Å². The van der Waals surface area contributed by atoms with Crippen molar-refractivity contribution < 1.29 is 21.6 Å². The quantitative estimate of drug-likeness (QED) is 0.670. The molecular formula is C21H26F3N5O2S. The molecule has 0 spiro atoms. The molecule has 2 saturated heterocycles. The number of rotatable bonds is 5. The normalized spacial score (nSPS) is 18.7. The van der Waals surface area contributed by atoms with Gasteiger partial charge in [-0.3, -0.25) is 0 Å². The number of anilines is 2. The summed E-state index contributed by atoms with van der Waals surface area (Å²) in [5, 5.41) is 8.68. The Morgan fingerprint density at radius 3 is 1.78 bits per heavy atom. The third kappa shape index (κ3) is 5.32. The van der Waals surface area contributed by atoms with Gasteiger partial charge in [-0.2, -0.15) is 17.5 Å². The minimum atomic E-state index is -4.44. The molecule has 3 heterocycles. The number of piperidine rings is 1. The lowest BCUT2D eigenvalue weighted by Crippen LogP contribution is -2.49. The van der Waals surface area contributed by atoms with Crippen molar-refractivity contribution in [3.05, 3.63) is 47.5 Å². The number of aromatic nitrogens is 2. The molecule has 4 rings (SSSR count). The van der Waals surface area contributed by atoms with Gasteiger partial charge in [-0.05, 0) is 49.1 Å². The van der Waals surface area contributed by atoms with Gasteiger partial charge in [-0.25, -0.2) is 8.42 Å². The van der Waals surface area contributed by atoms with Crippen LogP contribution in [0.15, 0.2) is 36.4 Å². The lowest BCUT2D eigenvalue weighted by atomic mass is 10.1. The Labute approximate surface area is 185 Å². The van der Waals surface area contributed by atoms with E-state index in [2.05, 4.69) is 15.1 Å². The standard InChI is InChI=1S/C21H26F3N5O2S/c22-21(23,24)18-6-4-17(5-7-18)16-32(30,31)29-14-12-28(13-15-29)20-9-8-19(25-26-20)27-10-2-1-3-11-27/h4-9H,1-3,10-16H2. The topological polar surface area (TPSA) is 69.6 Å². The largest absolute Gasteiger partial charge is 0.416 e. The van der Waals surface area contributed by atoms with Crippen LogP contribution in [0.4, 0.5) is 24.8 Å². The second-order valence-electron chi connectivity index (χ2n) is 8.13. The number of nitrogens with zero attached hydrogens (tertiary/aromatic N) is 5. The highest BCUT2D eigenvalue weighted by Gasteiger charge is 2.31. The first-order chi connectivity index (χ1) is 15.2. The summed E-state index contributed by atoms with van der Waals surface area (Å²) in [4.78, 5) is 4.23. The molecule has 2 fully saturated rings. The maximum absolute atomic E-state index is 12.8. The van der Waals surface area contributed by atoms with E-state index < -0.39 is 21.8 Å². The minimum Gasteiger partial charge on any atom is -0.355 e. The molecule has 0 unspecified atom stereocenters. The van der Waals surface area contributed by atoms with E-state index in [1.54, 1.807) is 0 Å². The van der Waals surface area contributed by atoms with E-state index in [1.165, 1.54) is 22.9 Å². The first kappa shape index (κ1) is 22.8. The summed E-state index contributed by atoms with van der Waals surface area (Å²) in [6.45, 7) is 3.51. The van der Waals surface area contributed by atoms with Crippen molar-refractivity contribution in [1.29, 1.82) is 0 Å². The average molecular weight is 470 g/mol. The number of alkyl halides is 3. The molecule has 0 radical (unpaired) electrons. The highest BCUT2D eigenvalue weighted by molar-refractivity contribution is 7.88. The Kier molecular flexibility index (Phi) is 6.57. The number of piperazine rings is 1. The van der Waals surface area contributed by atoms with Crippen LogP contribution in [0, 0.1) is 0 Å². The van der Waals surface area contributed by atoms with Gasteiger partial charge in [0.15, 0.2) is 11.6 Å². The van der Waals surface area contributed by atoms with Gasteiger partial charge in [0.2, 0.25) is 10.0 Å². The summed E-state index contributed by atoms with van der Waals surface area (Å²) in [5.41, 5.74) is -0.459. The van der Waals surface area contributed by atoms with Crippen LogP contribution in [0.5, 0.6) is 0 Å². The predicted octanol–water partition coefficient (Wildman–Crippen LogP) is 3.14. The summed E-state index contributed by atoms with van der Waals surface area (Å²) in [6.07, 6.45) is -0.880. The summed E-state index contributed by atoms with van der Waals surface area (Å²) in [5.74, 6) is 1.26. The van der Waals surface area contributed by atoms with Crippen LogP contribution in [-0.2, 0) is 22.0 Å². The van der Waals surface area contributed by atoms with Crippen LogP contribution in [0.2, 0.25) is 0 Å². The van der Waals surface area contributed by atoms with E-state index in [0.29, 0.717) is 37.6 Å². The van der Waals surface area contributed by atoms with Crippen molar-refractivity contribution in [2.24, 2.45) is 0 Å². The van der Waals surface area contributed by atoms with Crippen molar-refractivity contribution in [2.45, 2.75) is 31.2 Å². The Bertz CT molecular complexity index is 999. The molecule has 0 atom stereocenters. The molecule has 0 saturated carbocycles. The van der Waals surface area contributed by atoms with Crippen LogP contribution in [0.1, 0.15) is 30.4 Å². The second-order valence-corrected chi connectivity index (χ2v) is 10.1. The van der Waals surface area contributed by atoms with E-state index in [1.807, 2.05) is 17.0 Å². The Morgan fingerprint density at radius 1 is 0.750 bits per heavy atom. The number of benzene rings is 1. The lowest BCUT2D eigenvalue weighted by Gasteiger charge is -2.34. The van der Waals surface area contributed by atoms with E-state index in [-0.39, 0.29) is 5.75 Å². The number of sulfonamides is 1. The Hall–Kier alpha value is -2.40. The molecular weight excluding hydrogens is 443 g/mol. The highest BCUT2D eigenvalue weighted by atomic mass is 32.2. The molecule has 1 aromatic heterocycles. The predicted molar refractivity (Wildman–Crippen MR) is 116 cm³/mol. The van der Waals surface area contributed by atoms with Crippen molar-refractivity contribution in [1.82, 2.24) is 14.5 Å². The van der Waals surface area contributed by atoms with Gasteiger partial charge in [-0.1, -0.05) is 12.1 Å². The number of hydrogen-bond donors (Lipinski definition) is 0. The number of hydrogen-bond acceptors (Lipinski definition) is 6. The van der Waals surface area contributed by atoms with Gasteiger partial charge in [0.05, 0.1) is 11.3 Å². The van der Waals surface area contributed by atoms with Crippen molar-refractivity contribution >= 4 is 21.7 Å². The van der Waals surface area contributed by atoms with Gasteiger partial charge in [0.1, 0.15) is 0 Å². The first-order valence-electron chi connectivity index (χ1n) is 10.7. The summed E-state index contributed by atoms with van der Waals surface area (Å²) in [6, 6.07) is 8.14. The monoisotopic (exact) mass is 469 g/mol. The fraction of sp³-hybridized carbons (Fsp3) is 0.524.